The maximum absolute atomic E-state index is 8.85. The third-order valence-corrected chi connectivity index (χ3v) is 2.30. The van der Waals surface area contributed by atoms with E-state index in [9.17, 15) is 0 Å². The third-order valence-electron chi connectivity index (χ3n) is 2.30. The third kappa shape index (κ3) is 2.42. The van der Waals surface area contributed by atoms with Crippen LogP contribution in [0.5, 0.6) is 0 Å². The van der Waals surface area contributed by atoms with Crippen LogP contribution in [0.3, 0.4) is 0 Å². The van der Waals surface area contributed by atoms with Gasteiger partial charge in [-0.2, -0.15) is 0 Å². The second kappa shape index (κ2) is 4.71. The number of rotatable bonds is 3. The summed E-state index contributed by atoms with van der Waals surface area (Å²) in [6.07, 6.45) is 4.30. The normalized spacial score (nSPS) is 10.2. The van der Waals surface area contributed by atoms with E-state index in [1.165, 1.54) is 0 Å². The fourth-order valence-electron chi connectivity index (χ4n) is 1.54. The summed E-state index contributed by atoms with van der Waals surface area (Å²) in [5.41, 5.74) is 3.32. The molecule has 0 saturated heterocycles. The van der Waals surface area contributed by atoms with E-state index < -0.39 is 0 Å². The first kappa shape index (κ1) is 9.87. The van der Waals surface area contributed by atoms with E-state index in [0.717, 1.165) is 16.7 Å². The van der Waals surface area contributed by atoms with Gasteiger partial charge in [-0.1, -0.05) is 30.3 Å². The molecule has 1 aromatic carbocycles. The van der Waals surface area contributed by atoms with Crippen molar-refractivity contribution in [3.05, 3.63) is 54.4 Å². The standard InChI is InChI=1S/C13H13NO/c15-7-6-11-8-13(10-14-9-11)12-4-2-1-3-5-12/h1-5,8-10,15H,6-7H2. The van der Waals surface area contributed by atoms with Gasteiger partial charge in [-0.15, -0.1) is 0 Å². The van der Waals surface area contributed by atoms with Crippen LogP contribution in [0.1, 0.15) is 5.56 Å². The quantitative estimate of drug-likeness (QED) is 0.822. The lowest BCUT2D eigenvalue weighted by molar-refractivity contribution is 0.299. The zero-order chi connectivity index (χ0) is 10.5. The van der Waals surface area contributed by atoms with E-state index in [-0.39, 0.29) is 6.61 Å². The Morgan fingerprint density at radius 3 is 2.53 bits per heavy atom. The van der Waals surface area contributed by atoms with E-state index in [1.54, 1.807) is 6.20 Å². The first-order valence-corrected chi connectivity index (χ1v) is 5.00. The lowest BCUT2D eigenvalue weighted by Crippen LogP contribution is -1.92. The highest BCUT2D eigenvalue weighted by Gasteiger charge is 1.98. The summed E-state index contributed by atoms with van der Waals surface area (Å²) in [6, 6.07) is 12.2. The molecule has 0 aliphatic carbocycles. The van der Waals surface area contributed by atoms with Crippen LogP contribution in [-0.2, 0) is 6.42 Å². The predicted molar refractivity (Wildman–Crippen MR) is 60.5 cm³/mol. The fraction of sp³-hybridized carbons (Fsp3) is 0.154. The van der Waals surface area contributed by atoms with E-state index in [4.69, 9.17) is 5.11 Å². The van der Waals surface area contributed by atoms with Gasteiger partial charge in [-0.05, 0) is 23.6 Å². The predicted octanol–water partition coefficient (Wildman–Crippen LogP) is 2.28. The van der Waals surface area contributed by atoms with Crippen LogP contribution in [0, 0.1) is 0 Å². The average molecular weight is 199 g/mol. The largest absolute Gasteiger partial charge is 0.396 e. The van der Waals surface area contributed by atoms with Crippen molar-refractivity contribution in [3.8, 4) is 11.1 Å². The molecule has 0 bridgehead atoms. The lowest BCUT2D eigenvalue weighted by atomic mass is 10.1. The van der Waals surface area contributed by atoms with E-state index in [1.807, 2.05) is 24.4 Å². The van der Waals surface area contributed by atoms with Gasteiger partial charge in [0.15, 0.2) is 0 Å². The molecule has 2 rings (SSSR count). The van der Waals surface area contributed by atoms with Crippen LogP contribution in [-0.4, -0.2) is 16.7 Å². The number of hydrogen-bond acceptors (Lipinski definition) is 2. The van der Waals surface area contributed by atoms with Crippen LogP contribution in [0.25, 0.3) is 11.1 Å². The molecule has 0 aliphatic rings. The van der Waals surface area contributed by atoms with Crippen LogP contribution in [0.2, 0.25) is 0 Å². The number of aliphatic hydroxyl groups excluding tert-OH is 1. The molecule has 1 aromatic heterocycles. The summed E-state index contributed by atoms with van der Waals surface area (Å²) < 4.78 is 0. The maximum atomic E-state index is 8.85. The van der Waals surface area contributed by atoms with Crippen molar-refractivity contribution in [3.63, 3.8) is 0 Å². The SMILES string of the molecule is OCCc1cncc(-c2ccccc2)c1. The molecule has 0 spiro atoms. The molecule has 0 saturated carbocycles. The van der Waals surface area contributed by atoms with Crippen LogP contribution in [0.4, 0.5) is 0 Å². The molecule has 0 radical (unpaired) electrons. The topological polar surface area (TPSA) is 33.1 Å². The van der Waals surface area contributed by atoms with E-state index >= 15 is 0 Å². The average Bonchev–Trinajstić information content (AvgIpc) is 2.31. The number of nitrogens with zero attached hydrogens (tertiary/aromatic N) is 1. The Balaban J connectivity index is 2.33. The molecule has 1 N–H and O–H groups in total. The minimum Gasteiger partial charge on any atom is -0.396 e. The van der Waals surface area contributed by atoms with Gasteiger partial charge < -0.3 is 5.11 Å². The Labute approximate surface area is 89.2 Å². The smallest absolute Gasteiger partial charge is 0.0472 e. The number of pyridine rings is 1. The second-order valence-electron chi connectivity index (χ2n) is 3.42. The number of hydrogen-bond donors (Lipinski definition) is 1. The Hall–Kier alpha value is -1.67. The molecule has 15 heavy (non-hydrogen) atoms. The van der Waals surface area contributed by atoms with Gasteiger partial charge in [0.1, 0.15) is 0 Å². The number of benzene rings is 1. The van der Waals surface area contributed by atoms with Crippen molar-refractivity contribution >= 4 is 0 Å². The summed E-state index contributed by atoms with van der Waals surface area (Å²) in [6.45, 7) is 0.167. The van der Waals surface area contributed by atoms with Crippen LogP contribution < -0.4 is 0 Å². The van der Waals surface area contributed by atoms with Gasteiger partial charge in [0.2, 0.25) is 0 Å². The Kier molecular flexibility index (Phi) is 3.10. The van der Waals surface area contributed by atoms with E-state index in [2.05, 4.69) is 23.2 Å². The number of aromatic nitrogens is 1. The van der Waals surface area contributed by atoms with Gasteiger partial charge in [0.25, 0.3) is 0 Å². The van der Waals surface area contributed by atoms with Crippen molar-refractivity contribution in [1.82, 2.24) is 4.98 Å². The van der Waals surface area contributed by atoms with E-state index in [0.29, 0.717) is 6.42 Å². The molecule has 0 fully saturated rings. The molecule has 0 unspecified atom stereocenters. The molecule has 0 aliphatic heterocycles. The van der Waals surface area contributed by atoms with Crippen molar-refractivity contribution < 1.29 is 5.11 Å². The zero-order valence-electron chi connectivity index (χ0n) is 8.43. The molecular weight excluding hydrogens is 186 g/mol. The maximum Gasteiger partial charge on any atom is 0.0472 e. The summed E-state index contributed by atoms with van der Waals surface area (Å²) >= 11 is 0. The van der Waals surface area contributed by atoms with Crippen molar-refractivity contribution in [2.24, 2.45) is 0 Å². The highest BCUT2D eigenvalue weighted by Crippen LogP contribution is 2.18. The molecule has 1 heterocycles. The van der Waals surface area contributed by atoms with Gasteiger partial charge in [-0.25, -0.2) is 0 Å². The Morgan fingerprint density at radius 1 is 1.00 bits per heavy atom. The minimum absolute atomic E-state index is 0.167. The molecule has 0 amide bonds. The van der Waals surface area contributed by atoms with Crippen LogP contribution >= 0.6 is 0 Å². The first-order chi connectivity index (χ1) is 7.40. The second-order valence-corrected chi connectivity index (χ2v) is 3.42. The highest BCUT2D eigenvalue weighted by molar-refractivity contribution is 5.62. The van der Waals surface area contributed by atoms with Gasteiger partial charge in [0, 0.05) is 24.6 Å². The van der Waals surface area contributed by atoms with Gasteiger partial charge in [-0.3, -0.25) is 4.98 Å². The zero-order valence-corrected chi connectivity index (χ0v) is 8.43. The summed E-state index contributed by atoms with van der Waals surface area (Å²) in [7, 11) is 0. The van der Waals surface area contributed by atoms with Crippen molar-refractivity contribution in [2.75, 3.05) is 6.61 Å². The molecular formula is C13H13NO. The van der Waals surface area contributed by atoms with Crippen LogP contribution in [0.15, 0.2) is 48.8 Å². The summed E-state index contributed by atoms with van der Waals surface area (Å²) in [5, 5.41) is 8.85. The minimum atomic E-state index is 0.167. The monoisotopic (exact) mass is 199 g/mol. The van der Waals surface area contributed by atoms with Gasteiger partial charge in [0.05, 0.1) is 0 Å². The summed E-state index contributed by atoms with van der Waals surface area (Å²) in [4.78, 5) is 4.17. The lowest BCUT2D eigenvalue weighted by Gasteiger charge is -2.03. The molecule has 2 heteroatoms. The first-order valence-electron chi connectivity index (χ1n) is 5.00. The Morgan fingerprint density at radius 2 is 1.80 bits per heavy atom. The molecule has 76 valence electrons. The van der Waals surface area contributed by atoms with Crippen molar-refractivity contribution in [1.29, 1.82) is 0 Å². The number of aliphatic hydroxyl groups is 1. The highest BCUT2D eigenvalue weighted by atomic mass is 16.2. The van der Waals surface area contributed by atoms with Gasteiger partial charge >= 0.3 is 0 Å². The molecule has 0 atom stereocenters. The fourth-order valence-corrected chi connectivity index (χ4v) is 1.54. The van der Waals surface area contributed by atoms with Crippen molar-refractivity contribution in [2.45, 2.75) is 6.42 Å². The molecule has 2 aromatic rings. The molecule has 2 nitrogen and oxygen atoms in total. The summed E-state index contributed by atoms with van der Waals surface area (Å²) in [5.74, 6) is 0. The Bertz CT molecular complexity index is 426.